The Hall–Kier alpha value is -3.97. The lowest BCUT2D eigenvalue weighted by Crippen LogP contribution is -2.39. The third kappa shape index (κ3) is 5.65. The summed E-state index contributed by atoms with van der Waals surface area (Å²) in [6.45, 7) is 5.86. The number of nitrogens with one attached hydrogen (secondary N) is 1. The number of rotatable bonds is 7. The van der Waals surface area contributed by atoms with Crippen LogP contribution >= 0.6 is 0 Å². The first kappa shape index (κ1) is 27.6. The second kappa shape index (κ2) is 12.0. The summed E-state index contributed by atoms with van der Waals surface area (Å²) in [4.78, 5) is 28.7. The summed E-state index contributed by atoms with van der Waals surface area (Å²) in [7, 11) is 0. The van der Waals surface area contributed by atoms with Crippen LogP contribution in [0.15, 0.2) is 84.0 Å². The number of anilines is 3. The molecule has 40 heavy (non-hydrogen) atoms. The predicted molar refractivity (Wildman–Crippen MR) is 162 cm³/mol. The number of benzene rings is 3. The molecule has 2 aliphatic rings. The van der Waals surface area contributed by atoms with Crippen molar-refractivity contribution in [3.05, 3.63) is 90.0 Å². The molecular weight excluding hydrogens is 498 g/mol. The minimum absolute atomic E-state index is 0.0291. The van der Waals surface area contributed by atoms with Crippen molar-refractivity contribution in [3.8, 4) is 0 Å². The van der Waals surface area contributed by atoms with Crippen molar-refractivity contribution < 1.29 is 9.59 Å². The van der Waals surface area contributed by atoms with Gasteiger partial charge in [-0.3, -0.25) is 9.69 Å². The van der Waals surface area contributed by atoms with E-state index in [1.165, 1.54) is 19.3 Å². The molecular formula is C33H39N5O2. The summed E-state index contributed by atoms with van der Waals surface area (Å²) in [5.74, 6) is 0.102. The van der Waals surface area contributed by atoms with Crippen molar-refractivity contribution in [1.82, 2.24) is 5.01 Å². The maximum Gasteiger partial charge on any atom is 0.350 e. The second-order valence-corrected chi connectivity index (χ2v) is 11.2. The lowest BCUT2D eigenvalue weighted by Gasteiger charge is -2.30. The van der Waals surface area contributed by atoms with Crippen LogP contribution in [-0.2, 0) is 4.79 Å². The topological polar surface area (TPSA) is 91.0 Å². The van der Waals surface area contributed by atoms with Gasteiger partial charge in [0.05, 0.1) is 29.2 Å². The van der Waals surface area contributed by atoms with E-state index in [2.05, 4.69) is 11.4 Å². The zero-order chi connectivity index (χ0) is 28.2. The van der Waals surface area contributed by atoms with Gasteiger partial charge in [0.1, 0.15) is 0 Å². The van der Waals surface area contributed by atoms with Gasteiger partial charge in [-0.05, 0) is 61.6 Å². The van der Waals surface area contributed by atoms with E-state index in [0.717, 1.165) is 35.4 Å². The summed E-state index contributed by atoms with van der Waals surface area (Å²) >= 11 is 0. The van der Waals surface area contributed by atoms with Crippen molar-refractivity contribution in [2.45, 2.75) is 65.0 Å². The number of para-hydroxylation sites is 1. The molecule has 1 aliphatic carbocycles. The van der Waals surface area contributed by atoms with E-state index < -0.39 is 6.04 Å². The first-order chi connectivity index (χ1) is 19.3. The van der Waals surface area contributed by atoms with E-state index >= 15 is 0 Å². The average Bonchev–Trinajstić information content (AvgIpc) is 3.11. The summed E-state index contributed by atoms with van der Waals surface area (Å²) < 4.78 is 0. The summed E-state index contributed by atoms with van der Waals surface area (Å²) in [5, 5.41) is 9.70. The van der Waals surface area contributed by atoms with Crippen molar-refractivity contribution in [1.29, 1.82) is 0 Å². The average molecular weight is 538 g/mol. The van der Waals surface area contributed by atoms with Gasteiger partial charge in [0.15, 0.2) is 0 Å². The molecule has 2 unspecified atom stereocenters. The van der Waals surface area contributed by atoms with Crippen LogP contribution in [0.1, 0.15) is 70.0 Å². The number of hydrogen-bond acceptors (Lipinski definition) is 4. The van der Waals surface area contributed by atoms with Crippen LogP contribution in [0, 0.1) is 11.8 Å². The molecule has 7 nitrogen and oxygen atoms in total. The highest BCUT2D eigenvalue weighted by molar-refractivity contribution is 6.14. The van der Waals surface area contributed by atoms with Crippen LogP contribution in [0.5, 0.6) is 0 Å². The minimum Gasteiger partial charge on any atom is -0.325 e. The monoisotopic (exact) mass is 537 g/mol. The molecule has 0 radical (unpaired) electrons. The third-order valence-corrected chi connectivity index (χ3v) is 8.08. The molecule has 2 atom stereocenters. The maximum absolute atomic E-state index is 14.4. The minimum atomic E-state index is -0.595. The number of hydrazone groups is 1. The van der Waals surface area contributed by atoms with Crippen LogP contribution in [0.3, 0.4) is 0 Å². The predicted octanol–water partition coefficient (Wildman–Crippen LogP) is 7.23. The van der Waals surface area contributed by atoms with Gasteiger partial charge < -0.3 is 11.1 Å². The highest BCUT2D eigenvalue weighted by atomic mass is 16.2. The van der Waals surface area contributed by atoms with Crippen molar-refractivity contribution in [2.75, 3.05) is 10.2 Å². The Morgan fingerprint density at radius 2 is 1.55 bits per heavy atom. The molecule has 5 rings (SSSR count). The summed E-state index contributed by atoms with van der Waals surface area (Å²) in [6, 6.07) is 24.4. The Balaban J connectivity index is 1.56. The molecule has 3 amide bonds. The largest absolute Gasteiger partial charge is 0.350 e. The summed E-state index contributed by atoms with van der Waals surface area (Å²) in [6.07, 6.45) is 5.73. The Labute approximate surface area is 237 Å². The fraction of sp³-hybridized carbons (Fsp3) is 0.364. The number of carbonyl (C=O) groups is 2. The zero-order valence-corrected chi connectivity index (χ0v) is 23.6. The normalized spacial score (nSPS) is 17.6. The van der Waals surface area contributed by atoms with E-state index in [1.807, 2.05) is 93.6 Å². The van der Waals surface area contributed by atoms with Gasteiger partial charge in [-0.1, -0.05) is 81.6 Å². The molecule has 1 saturated carbocycles. The number of fused-ring (bicyclic) bond motifs is 1. The Bertz CT molecular complexity index is 1360. The molecule has 1 fully saturated rings. The Morgan fingerprint density at radius 1 is 0.900 bits per heavy atom. The molecule has 208 valence electrons. The van der Waals surface area contributed by atoms with Crippen molar-refractivity contribution in [2.24, 2.45) is 22.7 Å². The van der Waals surface area contributed by atoms with Crippen molar-refractivity contribution in [3.63, 3.8) is 0 Å². The molecule has 7 heteroatoms. The molecule has 0 spiro atoms. The standard InChI is InChI=1S/C33H39N5O2/c1-22(2)30(34)32(39)35-26-18-20-27(21-19-26)37-29-17-11-10-16-28(29)31(25-14-8-5-9-15-25)36-38(33(37)40)23(3)24-12-6-4-7-13-24/h4,6-7,10-13,16-23,25,30H,5,8-9,14-15,34H2,1-3H3,(H,35,39). The number of nitrogens with two attached hydrogens (primary N) is 1. The molecule has 0 bridgehead atoms. The molecule has 1 heterocycles. The van der Waals surface area contributed by atoms with Crippen LogP contribution in [0.2, 0.25) is 0 Å². The van der Waals surface area contributed by atoms with Crippen molar-refractivity contribution >= 4 is 34.7 Å². The van der Waals surface area contributed by atoms with Gasteiger partial charge in [0, 0.05) is 17.2 Å². The van der Waals surface area contributed by atoms with Gasteiger partial charge in [0.25, 0.3) is 0 Å². The fourth-order valence-corrected chi connectivity index (χ4v) is 5.58. The van der Waals surface area contributed by atoms with Gasteiger partial charge in [-0.15, -0.1) is 0 Å². The van der Waals surface area contributed by atoms with E-state index in [1.54, 1.807) is 9.91 Å². The molecule has 0 saturated heterocycles. The van der Waals surface area contributed by atoms with Gasteiger partial charge in [0.2, 0.25) is 5.91 Å². The van der Waals surface area contributed by atoms with E-state index in [9.17, 15) is 9.59 Å². The Kier molecular flexibility index (Phi) is 8.31. The van der Waals surface area contributed by atoms with Crippen LogP contribution in [0.25, 0.3) is 0 Å². The lowest BCUT2D eigenvalue weighted by molar-refractivity contribution is -0.118. The number of urea groups is 1. The maximum atomic E-state index is 14.4. The number of amides is 3. The van der Waals surface area contributed by atoms with Gasteiger partial charge in [-0.2, -0.15) is 5.10 Å². The van der Waals surface area contributed by atoms with Crippen LogP contribution < -0.4 is 16.0 Å². The molecule has 3 aromatic carbocycles. The van der Waals surface area contributed by atoms with Crippen LogP contribution in [-0.4, -0.2) is 28.7 Å². The second-order valence-electron chi connectivity index (χ2n) is 11.2. The first-order valence-electron chi connectivity index (χ1n) is 14.4. The van der Waals surface area contributed by atoms with E-state index in [-0.39, 0.29) is 23.9 Å². The van der Waals surface area contributed by atoms with Crippen LogP contribution in [0.4, 0.5) is 21.9 Å². The highest BCUT2D eigenvalue weighted by Gasteiger charge is 2.36. The fourth-order valence-electron chi connectivity index (χ4n) is 5.58. The molecule has 3 N–H and O–H groups in total. The molecule has 0 aromatic heterocycles. The molecule has 1 aliphatic heterocycles. The number of hydrogen-bond donors (Lipinski definition) is 2. The number of carbonyl (C=O) groups excluding carboxylic acids is 2. The van der Waals surface area contributed by atoms with E-state index in [4.69, 9.17) is 10.8 Å². The van der Waals surface area contributed by atoms with Gasteiger partial charge in [-0.25, -0.2) is 9.80 Å². The zero-order valence-electron chi connectivity index (χ0n) is 23.6. The van der Waals surface area contributed by atoms with E-state index in [0.29, 0.717) is 17.3 Å². The first-order valence-corrected chi connectivity index (χ1v) is 14.4. The summed E-state index contributed by atoms with van der Waals surface area (Å²) in [5.41, 5.74) is 11.2. The third-order valence-electron chi connectivity index (χ3n) is 8.08. The Morgan fingerprint density at radius 3 is 2.23 bits per heavy atom. The highest BCUT2D eigenvalue weighted by Crippen LogP contribution is 2.39. The number of nitrogens with zero attached hydrogens (tertiary/aromatic N) is 3. The lowest BCUT2D eigenvalue weighted by atomic mass is 9.83. The smallest absolute Gasteiger partial charge is 0.325 e. The quantitative estimate of drug-likeness (QED) is 0.333. The SMILES string of the molecule is CC(C)C(N)C(=O)Nc1ccc(N2C(=O)N(C(C)c3ccccc3)N=C(C3CCCCC3)c3ccccc32)cc1. The molecule has 3 aromatic rings. The van der Waals surface area contributed by atoms with Gasteiger partial charge >= 0.3 is 6.03 Å².